The molecule has 2 unspecified atom stereocenters. The number of piperidine rings is 1. The molecule has 6 heteroatoms. The molecular formula is C17H23FN2O3. The summed E-state index contributed by atoms with van der Waals surface area (Å²) in [5.41, 5.74) is 6.50. The van der Waals surface area contributed by atoms with E-state index in [4.69, 9.17) is 10.5 Å². The Morgan fingerprint density at radius 1 is 1.30 bits per heavy atom. The van der Waals surface area contributed by atoms with Crippen LogP contribution in [0.15, 0.2) is 24.3 Å². The monoisotopic (exact) mass is 322 g/mol. The highest BCUT2D eigenvalue weighted by atomic mass is 19.1. The maximum absolute atomic E-state index is 13.0. The summed E-state index contributed by atoms with van der Waals surface area (Å²) in [7, 11) is 0. The molecule has 5 nitrogen and oxygen atoms in total. The number of nitrogens with two attached hydrogens (primary N) is 1. The summed E-state index contributed by atoms with van der Waals surface area (Å²) < 4.78 is 17.9. The standard InChI is InChI=1S/C17H23FN2O3/c1-2-23-16(21)8-3-12-9-15(19)11-20(10-12)17(22)13-4-6-14(18)7-5-13/h4-7,12,15H,2-3,8-11,19H2,1H3. The van der Waals surface area contributed by atoms with Gasteiger partial charge in [0, 0.05) is 31.1 Å². The Morgan fingerprint density at radius 2 is 2.00 bits per heavy atom. The molecule has 0 radical (unpaired) electrons. The lowest BCUT2D eigenvalue weighted by Crippen LogP contribution is -2.49. The van der Waals surface area contributed by atoms with Crippen molar-refractivity contribution in [3.8, 4) is 0 Å². The molecule has 1 aromatic rings. The second-order valence-electron chi connectivity index (χ2n) is 5.92. The maximum Gasteiger partial charge on any atom is 0.305 e. The van der Waals surface area contributed by atoms with E-state index in [1.807, 2.05) is 0 Å². The Morgan fingerprint density at radius 3 is 2.65 bits per heavy atom. The molecule has 0 saturated carbocycles. The van der Waals surface area contributed by atoms with Crippen molar-refractivity contribution in [2.24, 2.45) is 11.7 Å². The lowest BCUT2D eigenvalue weighted by atomic mass is 9.90. The van der Waals surface area contributed by atoms with Crippen molar-refractivity contribution in [2.75, 3.05) is 19.7 Å². The van der Waals surface area contributed by atoms with Gasteiger partial charge in [-0.3, -0.25) is 9.59 Å². The van der Waals surface area contributed by atoms with Crippen molar-refractivity contribution >= 4 is 11.9 Å². The van der Waals surface area contributed by atoms with E-state index in [1.165, 1.54) is 24.3 Å². The van der Waals surface area contributed by atoms with Gasteiger partial charge >= 0.3 is 5.97 Å². The van der Waals surface area contributed by atoms with Crippen LogP contribution in [-0.4, -0.2) is 42.5 Å². The van der Waals surface area contributed by atoms with Gasteiger partial charge in [0.25, 0.3) is 5.91 Å². The number of halogens is 1. The average Bonchev–Trinajstić information content (AvgIpc) is 2.53. The molecule has 0 aliphatic carbocycles. The van der Waals surface area contributed by atoms with Crippen LogP contribution < -0.4 is 5.73 Å². The minimum atomic E-state index is -0.371. The molecule has 0 spiro atoms. The molecule has 1 fully saturated rings. The Labute approximate surface area is 135 Å². The fraction of sp³-hybridized carbons (Fsp3) is 0.529. The van der Waals surface area contributed by atoms with Gasteiger partial charge in [-0.1, -0.05) is 0 Å². The first-order chi connectivity index (χ1) is 11.0. The molecule has 1 heterocycles. The highest BCUT2D eigenvalue weighted by Crippen LogP contribution is 2.22. The topological polar surface area (TPSA) is 72.6 Å². The number of nitrogens with zero attached hydrogens (tertiary/aromatic N) is 1. The molecule has 1 aliphatic heterocycles. The van der Waals surface area contributed by atoms with E-state index in [9.17, 15) is 14.0 Å². The van der Waals surface area contributed by atoms with E-state index in [2.05, 4.69) is 0 Å². The SMILES string of the molecule is CCOC(=O)CCC1CC(N)CN(C(=O)c2ccc(F)cc2)C1. The minimum Gasteiger partial charge on any atom is -0.466 e. The van der Waals surface area contributed by atoms with Gasteiger partial charge in [0.2, 0.25) is 0 Å². The first kappa shape index (κ1) is 17.4. The van der Waals surface area contributed by atoms with Crippen LogP contribution in [0.1, 0.15) is 36.5 Å². The summed E-state index contributed by atoms with van der Waals surface area (Å²) in [4.78, 5) is 25.7. The molecule has 2 N–H and O–H groups in total. The Bertz CT molecular complexity index is 547. The van der Waals surface area contributed by atoms with E-state index in [0.29, 0.717) is 38.1 Å². The van der Waals surface area contributed by atoms with Gasteiger partial charge in [-0.05, 0) is 49.9 Å². The number of likely N-dealkylation sites (tertiary alicyclic amines) is 1. The largest absolute Gasteiger partial charge is 0.466 e. The predicted molar refractivity (Wildman–Crippen MR) is 84.3 cm³/mol. The van der Waals surface area contributed by atoms with Gasteiger partial charge in [0.15, 0.2) is 0 Å². The van der Waals surface area contributed by atoms with Gasteiger partial charge in [0.05, 0.1) is 6.61 Å². The number of hydrogen-bond donors (Lipinski definition) is 1. The number of esters is 1. The summed E-state index contributed by atoms with van der Waals surface area (Å²) in [6.07, 6.45) is 1.77. The second kappa shape index (κ2) is 8.06. The number of benzene rings is 1. The predicted octanol–water partition coefficient (Wildman–Crippen LogP) is 1.96. The number of ether oxygens (including phenoxy) is 1. The third-order valence-electron chi connectivity index (χ3n) is 4.01. The molecule has 1 aromatic carbocycles. The maximum atomic E-state index is 13.0. The number of rotatable bonds is 5. The van der Waals surface area contributed by atoms with Crippen molar-refractivity contribution in [3.63, 3.8) is 0 Å². The van der Waals surface area contributed by atoms with Gasteiger partial charge in [0.1, 0.15) is 5.82 Å². The molecule has 0 aromatic heterocycles. The van der Waals surface area contributed by atoms with E-state index in [1.54, 1.807) is 11.8 Å². The van der Waals surface area contributed by atoms with Crippen LogP contribution in [0.3, 0.4) is 0 Å². The van der Waals surface area contributed by atoms with Crippen LogP contribution in [0.4, 0.5) is 4.39 Å². The molecule has 23 heavy (non-hydrogen) atoms. The van der Waals surface area contributed by atoms with E-state index < -0.39 is 0 Å². The van der Waals surface area contributed by atoms with Gasteiger partial charge in [-0.25, -0.2) is 4.39 Å². The highest BCUT2D eigenvalue weighted by Gasteiger charge is 2.29. The molecular weight excluding hydrogens is 299 g/mol. The van der Waals surface area contributed by atoms with Crippen molar-refractivity contribution < 1.29 is 18.7 Å². The van der Waals surface area contributed by atoms with Crippen molar-refractivity contribution in [3.05, 3.63) is 35.6 Å². The Balaban J connectivity index is 1.95. The smallest absolute Gasteiger partial charge is 0.305 e. The van der Waals surface area contributed by atoms with Crippen LogP contribution >= 0.6 is 0 Å². The molecule has 1 aliphatic rings. The van der Waals surface area contributed by atoms with Crippen LogP contribution in [0.5, 0.6) is 0 Å². The summed E-state index contributed by atoms with van der Waals surface area (Å²) in [6, 6.07) is 5.39. The van der Waals surface area contributed by atoms with Crippen LogP contribution in [-0.2, 0) is 9.53 Å². The fourth-order valence-electron chi connectivity index (χ4n) is 2.95. The van der Waals surface area contributed by atoms with Gasteiger partial charge < -0.3 is 15.4 Å². The number of carbonyl (C=O) groups is 2. The van der Waals surface area contributed by atoms with E-state index in [0.717, 1.165) is 6.42 Å². The first-order valence-corrected chi connectivity index (χ1v) is 7.95. The van der Waals surface area contributed by atoms with Gasteiger partial charge in [-0.15, -0.1) is 0 Å². The first-order valence-electron chi connectivity index (χ1n) is 7.95. The summed E-state index contributed by atoms with van der Waals surface area (Å²) in [5.74, 6) is -0.568. The third-order valence-corrected chi connectivity index (χ3v) is 4.01. The molecule has 1 amide bonds. The van der Waals surface area contributed by atoms with E-state index in [-0.39, 0.29) is 29.7 Å². The van der Waals surface area contributed by atoms with Crippen molar-refractivity contribution in [2.45, 2.75) is 32.2 Å². The van der Waals surface area contributed by atoms with E-state index >= 15 is 0 Å². The Hall–Kier alpha value is -1.95. The van der Waals surface area contributed by atoms with Crippen LogP contribution in [0.25, 0.3) is 0 Å². The molecule has 126 valence electrons. The van der Waals surface area contributed by atoms with Crippen molar-refractivity contribution in [1.82, 2.24) is 4.90 Å². The fourth-order valence-corrected chi connectivity index (χ4v) is 2.95. The summed E-state index contributed by atoms with van der Waals surface area (Å²) in [5, 5.41) is 0. The third kappa shape index (κ3) is 5.03. The van der Waals surface area contributed by atoms with Crippen molar-refractivity contribution in [1.29, 1.82) is 0 Å². The highest BCUT2D eigenvalue weighted by molar-refractivity contribution is 5.94. The molecule has 0 bridgehead atoms. The number of carbonyl (C=O) groups excluding carboxylic acids is 2. The molecule has 2 rings (SSSR count). The normalized spacial score (nSPS) is 21.1. The second-order valence-corrected chi connectivity index (χ2v) is 5.92. The summed E-state index contributed by atoms with van der Waals surface area (Å²) in [6.45, 7) is 3.19. The average molecular weight is 322 g/mol. The zero-order valence-electron chi connectivity index (χ0n) is 13.3. The quantitative estimate of drug-likeness (QED) is 0.841. The molecule has 1 saturated heterocycles. The summed E-state index contributed by atoms with van der Waals surface area (Å²) >= 11 is 0. The van der Waals surface area contributed by atoms with Crippen LogP contribution in [0.2, 0.25) is 0 Å². The lowest BCUT2D eigenvalue weighted by Gasteiger charge is -2.36. The lowest BCUT2D eigenvalue weighted by molar-refractivity contribution is -0.143. The minimum absolute atomic E-state index is 0.111. The number of amides is 1. The van der Waals surface area contributed by atoms with Gasteiger partial charge in [-0.2, -0.15) is 0 Å². The molecule has 2 atom stereocenters. The zero-order valence-corrected chi connectivity index (χ0v) is 13.3. The Kier molecular flexibility index (Phi) is 6.10. The van der Waals surface area contributed by atoms with Crippen LogP contribution in [0, 0.1) is 11.7 Å². The number of hydrogen-bond acceptors (Lipinski definition) is 4. The zero-order chi connectivity index (χ0) is 16.8.